The van der Waals surface area contributed by atoms with Gasteiger partial charge in [-0.2, -0.15) is 0 Å². The molecule has 1 aromatic rings. The Labute approximate surface area is 98.5 Å². The number of nitrogens with zero attached hydrogens (tertiary/aromatic N) is 1. The molecule has 0 aliphatic rings. The van der Waals surface area contributed by atoms with Crippen LogP contribution in [0.4, 0.5) is 0 Å². The monoisotopic (exact) mass is 221 g/mol. The summed E-state index contributed by atoms with van der Waals surface area (Å²) in [4.78, 5) is 4.00. The van der Waals surface area contributed by atoms with E-state index in [1.807, 2.05) is 12.4 Å². The molecule has 3 heteroatoms. The van der Waals surface area contributed by atoms with Crippen molar-refractivity contribution in [1.82, 2.24) is 10.3 Å². The van der Waals surface area contributed by atoms with Gasteiger partial charge in [0.15, 0.2) is 0 Å². The molecule has 0 saturated carbocycles. The lowest BCUT2D eigenvalue weighted by molar-refractivity contribution is 0.340. The lowest BCUT2D eigenvalue weighted by atomic mass is 9.90. The SMILES string of the molecule is CC(C)(CN)CCNCCc1ccncc1. The van der Waals surface area contributed by atoms with Crippen LogP contribution in [0.2, 0.25) is 0 Å². The van der Waals surface area contributed by atoms with Crippen LogP contribution in [0.25, 0.3) is 0 Å². The number of nitrogens with two attached hydrogens (primary N) is 1. The van der Waals surface area contributed by atoms with E-state index in [9.17, 15) is 0 Å². The van der Waals surface area contributed by atoms with Gasteiger partial charge in [0.05, 0.1) is 0 Å². The van der Waals surface area contributed by atoms with Gasteiger partial charge in [0.2, 0.25) is 0 Å². The Morgan fingerprint density at radius 2 is 1.94 bits per heavy atom. The summed E-state index contributed by atoms with van der Waals surface area (Å²) in [6.45, 7) is 7.22. The van der Waals surface area contributed by atoms with Gasteiger partial charge < -0.3 is 11.1 Å². The molecule has 0 radical (unpaired) electrons. The zero-order valence-corrected chi connectivity index (χ0v) is 10.4. The Morgan fingerprint density at radius 3 is 2.56 bits per heavy atom. The molecule has 16 heavy (non-hydrogen) atoms. The molecular formula is C13H23N3. The molecule has 0 aliphatic heterocycles. The van der Waals surface area contributed by atoms with Crippen LogP contribution >= 0.6 is 0 Å². The van der Waals surface area contributed by atoms with Crippen LogP contribution in [0.1, 0.15) is 25.8 Å². The summed E-state index contributed by atoms with van der Waals surface area (Å²) in [6.07, 6.45) is 5.87. The Kier molecular flexibility index (Phi) is 5.43. The summed E-state index contributed by atoms with van der Waals surface area (Å²) in [5, 5.41) is 3.45. The molecule has 0 amide bonds. The summed E-state index contributed by atoms with van der Waals surface area (Å²) in [6, 6.07) is 4.12. The maximum absolute atomic E-state index is 5.68. The highest BCUT2D eigenvalue weighted by atomic mass is 14.8. The van der Waals surface area contributed by atoms with Crippen LogP contribution in [-0.4, -0.2) is 24.6 Å². The standard InChI is InChI=1S/C13H23N3/c1-13(2,11-14)6-10-16-9-5-12-3-7-15-8-4-12/h3-4,7-8,16H,5-6,9-11,14H2,1-2H3. The van der Waals surface area contributed by atoms with E-state index in [0.717, 1.165) is 32.5 Å². The Bertz CT molecular complexity index is 282. The summed E-state index contributed by atoms with van der Waals surface area (Å²) < 4.78 is 0. The van der Waals surface area contributed by atoms with E-state index in [-0.39, 0.29) is 5.41 Å². The van der Waals surface area contributed by atoms with Crippen molar-refractivity contribution >= 4 is 0 Å². The molecular weight excluding hydrogens is 198 g/mol. The van der Waals surface area contributed by atoms with Crippen molar-refractivity contribution in [2.24, 2.45) is 11.1 Å². The highest BCUT2D eigenvalue weighted by molar-refractivity contribution is 5.09. The highest BCUT2D eigenvalue weighted by Crippen LogP contribution is 2.16. The molecule has 0 atom stereocenters. The third kappa shape index (κ3) is 5.24. The molecule has 3 N–H and O–H groups in total. The number of aromatic nitrogens is 1. The van der Waals surface area contributed by atoms with Gasteiger partial charge in [-0.3, -0.25) is 4.98 Å². The number of hydrogen-bond acceptors (Lipinski definition) is 3. The molecule has 0 fully saturated rings. The number of hydrogen-bond donors (Lipinski definition) is 2. The van der Waals surface area contributed by atoms with Crippen LogP contribution in [0.15, 0.2) is 24.5 Å². The number of nitrogens with one attached hydrogen (secondary N) is 1. The zero-order valence-electron chi connectivity index (χ0n) is 10.4. The Morgan fingerprint density at radius 1 is 1.25 bits per heavy atom. The predicted molar refractivity (Wildman–Crippen MR) is 68.3 cm³/mol. The summed E-state index contributed by atoms with van der Waals surface area (Å²) >= 11 is 0. The molecule has 0 aliphatic carbocycles. The fourth-order valence-corrected chi connectivity index (χ4v) is 1.44. The first-order valence-corrected chi connectivity index (χ1v) is 5.94. The fourth-order valence-electron chi connectivity index (χ4n) is 1.44. The van der Waals surface area contributed by atoms with Crippen LogP contribution in [0.5, 0.6) is 0 Å². The second-order valence-electron chi connectivity index (χ2n) is 4.97. The summed E-state index contributed by atoms with van der Waals surface area (Å²) in [5.74, 6) is 0. The zero-order chi connectivity index (χ0) is 11.9. The van der Waals surface area contributed by atoms with Gasteiger partial charge in [0.1, 0.15) is 0 Å². The smallest absolute Gasteiger partial charge is 0.0270 e. The van der Waals surface area contributed by atoms with Crippen molar-refractivity contribution in [1.29, 1.82) is 0 Å². The van der Waals surface area contributed by atoms with E-state index < -0.39 is 0 Å². The normalized spacial score (nSPS) is 11.7. The first-order chi connectivity index (χ1) is 7.64. The maximum atomic E-state index is 5.68. The minimum atomic E-state index is 0.254. The van der Waals surface area contributed by atoms with Gasteiger partial charge in [-0.15, -0.1) is 0 Å². The van der Waals surface area contributed by atoms with Crippen molar-refractivity contribution in [2.75, 3.05) is 19.6 Å². The van der Waals surface area contributed by atoms with Gasteiger partial charge in [-0.05, 0) is 55.6 Å². The van der Waals surface area contributed by atoms with Gasteiger partial charge in [0, 0.05) is 12.4 Å². The highest BCUT2D eigenvalue weighted by Gasteiger charge is 2.13. The molecule has 3 nitrogen and oxygen atoms in total. The van der Waals surface area contributed by atoms with Crippen LogP contribution in [0.3, 0.4) is 0 Å². The van der Waals surface area contributed by atoms with Gasteiger partial charge >= 0.3 is 0 Å². The van der Waals surface area contributed by atoms with Gasteiger partial charge in [-0.25, -0.2) is 0 Å². The second-order valence-corrected chi connectivity index (χ2v) is 4.97. The largest absolute Gasteiger partial charge is 0.330 e. The third-order valence-corrected chi connectivity index (χ3v) is 2.87. The molecule has 1 heterocycles. The van der Waals surface area contributed by atoms with Crippen molar-refractivity contribution < 1.29 is 0 Å². The molecule has 0 saturated heterocycles. The van der Waals surface area contributed by atoms with E-state index in [1.165, 1.54) is 5.56 Å². The molecule has 0 aromatic carbocycles. The maximum Gasteiger partial charge on any atom is 0.0270 e. The fraction of sp³-hybridized carbons (Fsp3) is 0.615. The second kappa shape index (κ2) is 6.61. The third-order valence-electron chi connectivity index (χ3n) is 2.87. The molecule has 0 spiro atoms. The van der Waals surface area contributed by atoms with E-state index in [0.29, 0.717) is 0 Å². The summed E-state index contributed by atoms with van der Waals surface area (Å²) in [7, 11) is 0. The molecule has 1 rings (SSSR count). The van der Waals surface area contributed by atoms with E-state index in [4.69, 9.17) is 5.73 Å². The van der Waals surface area contributed by atoms with Gasteiger partial charge in [0.25, 0.3) is 0 Å². The Balaban J connectivity index is 2.09. The average Bonchev–Trinajstić information content (AvgIpc) is 2.30. The number of pyridine rings is 1. The van der Waals surface area contributed by atoms with Crippen LogP contribution in [-0.2, 0) is 6.42 Å². The first kappa shape index (κ1) is 13.1. The molecule has 90 valence electrons. The summed E-state index contributed by atoms with van der Waals surface area (Å²) in [5.41, 5.74) is 7.26. The van der Waals surface area contributed by atoms with Crippen molar-refractivity contribution in [2.45, 2.75) is 26.7 Å². The minimum Gasteiger partial charge on any atom is -0.330 e. The van der Waals surface area contributed by atoms with E-state index >= 15 is 0 Å². The van der Waals surface area contributed by atoms with Crippen LogP contribution in [0, 0.1) is 5.41 Å². The quantitative estimate of drug-likeness (QED) is 0.687. The Hall–Kier alpha value is -0.930. The van der Waals surface area contributed by atoms with E-state index in [2.05, 4.69) is 36.3 Å². The van der Waals surface area contributed by atoms with Crippen LogP contribution < -0.4 is 11.1 Å². The van der Waals surface area contributed by atoms with Gasteiger partial charge in [-0.1, -0.05) is 13.8 Å². The minimum absolute atomic E-state index is 0.254. The topological polar surface area (TPSA) is 50.9 Å². The molecule has 0 unspecified atom stereocenters. The molecule has 1 aromatic heterocycles. The van der Waals surface area contributed by atoms with E-state index in [1.54, 1.807) is 0 Å². The molecule has 0 bridgehead atoms. The first-order valence-electron chi connectivity index (χ1n) is 5.94. The van der Waals surface area contributed by atoms with Crippen molar-refractivity contribution in [3.05, 3.63) is 30.1 Å². The number of rotatable bonds is 7. The lowest BCUT2D eigenvalue weighted by Crippen LogP contribution is -2.29. The van der Waals surface area contributed by atoms with Crippen molar-refractivity contribution in [3.8, 4) is 0 Å². The van der Waals surface area contributed by atoms with Crippen molar-refractivity contribution in [3.63, 3.8) is 0 Å². The predicted octanol–water partition coefficient (Wildman–Crippen LogP) is 1.59. The average molecular weight is 221 g/mol. The lowest BCUT2D eigenvalue weighted by Gasteiger charge is -2.22.